The first kappa shape index (κ1) is 17.7. The van der Waals surface area contributed by atoms with Crippen molar-refractivity contribution in [2.45, 2.75) is 6.92 Å². The lowest BCUT2D eigenvalue weighted by molar-refractivity contribution is -0.123. The maximum Gasteiger partial charge on any atom is 0.337 e. The summed E-state index contributed by atoms with van der Waals surface area (Å²) in [6, 6.07) is 12.6. The van der Waals surface area contributed by atoms with E-state index in [0.29, 0.717) is 24.2 Å². The zero-order valence-electron chi connectivity index (χ0n) is 14.7. The van der Waals surface area contributed by atoms with Gasteiger partial charge in [0, 0.05) is 18.7 Å². The van der Waals surface area contributed by atoms with E-state index in [4.69, 9.17) is 4.74 Å². The number of methoxy groups -OCH3 is 1. The highest BCUT2D eigenvalue weighted by Crippen LogP contribution is 2.25. The summed E-state index contributed by atoms with van der Waals surface area (Å²) in [6.07, 6.45) is 0. The van der Waals surface area contributed by atoms with Crippen molar-refractivity contribution in [2.24, 2.45) is 0 Å². The number of carbonyl (C=O) groups is 3. The second-order valence-electron chi connectivity index (χ2n) is 6.18. The summed E-state index contributed by atoms with van der Waals surface area (Å²) in [5, 5.41) is 2.71. The topological polar surface area (TPSA) is 75.7 Å². The van der Waals surface area contributed by atoms with Crippen LogP contribution >= 0.6 is 0 Å². The van der Waals surface area contributed by atoms with Gasteiger partial charge in [0.1, 0.15) is 0 Å². The molecule has 6 heteroatoms. The van der Waals surface area contributed by atoms with Gasteiger partial charge in [0.05, 0.1) is 19.2 Å². The second kappa shape index (κ2) is 7.39. The number of rotatable bonds is 3. The van der Waals surface area contributed by atoms with Crippen molar-refractivity contribution in [3.8, 4) is 11.1 Å². The molecule has 0 aromatic heterocycles. The molecule has 1 aliphatic rings. The molecule has 2 aromatic rings. The SMILES string of the molecule is COC(=O)c1ccc(-c2ccc(C(=O)N3CCNC(=O)C3)cc2)c(C)c1. The van der Waals surface area contributed by atoms with Crippen molar-refractivity contribution in [1.82, 2.24) is 10.2 Å². The Morgan fingerprint density at radius 2 is 1.77 bits per heavy atom. The molecule has 0 aliphatic carbocycles. The molecule has 2 amide bonds. The van der Waals surface area contributed by atoms with Gasteiger partial charge in [-0.1, -0.05) is 18.2 Å². The number of hydrogen-bond donors (Lipinski definition) is 1. The van der Waals surface area contributed by atoms with E-state index < -0.39 is 0 Å². The number of carbonyl (C=O) groups excluding carboxylic acids is 3. The molecule has 0 radical (unpaired) electrons. The first-order chi connectivity index (χ1) is 12.5. The molecule has 1 N–H and O–H groups in total. The number of aryl methyl sites for hydroxylation is 1. The van der Waals surface area contributed by atoms with Crippen molar-refractivity contribution in [1.29, 1.82) is 0 Å². The number of amides is 2. The Labute approximate surface area is 151 Å². The maximum atomic E-state index is 12.5. The number of piperazine rings is 1. The van der Waals surface area contributed by atoms with E-state index in [1.165, 1.54) is 7.11 Å². The molecule has 2 aromatic carbocycles. The van der Waals surface area contributed by atoms with Gasteiger partial charge in [0.25, 0.3) is 5.91 Å². The molecule has 1 heterocycles. The smallest absolute Gasteiger partial charge is 0.337 e. The predicted octanol–water partition coefficient (Wildman–Crippen LogP) is 2.02. The van der Waals surface area contributed by atoms with E-state index in [2.05, 4.69) is 5.32 Å². The highest BCUT2D eigenvalue weighted by atomic mass is 16.5. The summed E-state index contributed by atoms with van der Waals surface area (Å²) in [6.45, 7) is 3.01. The van der Waals surface area contributed by atoms with Gasteiger partial charge >= 0.3 is 5.97 Å². The highest BCUT2D eigenvalue weighted by molar-refractivity contribution is 5.97. The molecule has 134 valence electrons. The normalized spacial score (nSPS) is 13.9. The number of ether oxygens (including phenoxy) is 1. The van der Waals surface area contributed by atoms with Crippen LogP contribution in [0, 0.1) is 6.92 Å². The third kappa shape index (κ3) is 3.59. The number of nitrogens with one attached hydrogen (secondary N) is 1. The van der Waals surface area contributed by atoms with Gasteiger partial charge in [0.15, 0.2) is 0 Å². The molecular formula is C20H20N2O4. The van der Waals surface area contributed by atoms with Gasteiger partial charge in [-0.25, -0.2) is 4.79 Å². The van der Waals surface area contributed by atoms with Crippen LogP contribution in [0.4, 0.5) is 0 Å². The lowest BCUT2D eigenvalue weighted by Crippen LogP contribution is -2.49. The minimum absolute atomic E-state index is 0.0919. The molecule has 0 unspecified atom stereocenters. The van der Waals surface area contributed by atoms with E-state index in [1.54, 1.807) is 29.2 Å². The summed E-state index contributed by atoms with van der Waals surface area (Å²) >= 11 is 0. The van der Waals surface area contributed by atoms with E-state index >= 15 is 0 Å². The van der Waals surface area contributed by atoms with Crippen LogP contribution in [-0.4, -0.2) is 49.4 Å². The predicted molar refractivity (Wildman–Crippen MR) is 96.9 cm³/mol. The van der Waals surface area contributed by atoms with Gasteiger partial charge in [-0.2, -0.15) is 0 Å². The third-order valence-electron chi connectivity index (χ3n) is 4.42. The van der Waals surface area contributed by atoms with Crippen LogP contribution in [0.25, 0.3) is 11.1 Å². The maximum absolute atomic E-state index is 12.5. The Kier molecular flexibility index (Phi) is 5.02. The van der Waals surface area contributed by atoms with Crippen LogP contribution in [0.3, 0.4) is 0 Å². The molecule has 0 spiro atoms. The minimum atomic E-state index is -0.369. The summed E-state index contributed by atoms with van der Waals surface area (Å²) in [5.41, 5.74) is 3.93. The fraction of sp³-hybridized carbons (Fsp3) is 0.250. The minimum Gasteiger partial charge on any atom is -0.465 e. The number of hydrogen-bond acceptors (Lipinski definition) is 4. The number of esters is 1. The molecule has 0 atom stereocenters. The van der Waals surface area contributed by atoms with Gasteiger partial charge in [-0.15, -0.1) is 0 Å². The highest BCUT2D eigenvalue weighted by Gasteiger charge is 2.22. The zero-order chi connectivity index (χ0) is 18.7. The molecule has 6 nitrogen and oxygen atoms in total. The quantitative estimate of drug-likeness (QED) is 0.858. The van der Waals surface area contributed by atoms with Crippen LogP contribution in [0.15, 0.2) is 42.5 Å². The number of nitrogens with zero attached hydrogens (tertiary/aromatic N) is 1. The largest absolute Gasteiger partial charge is 0.465 e. The lowest BCUT2D eigenvalue weighted by atomic mass is 9.97. The molecule has 1 fully saturated rings. The van der Waals surface area contributed by atoms with Gasteiger partial charge < -0.3 is 15.0 Å². The van der Waals surface area contributed by atoms with E-state index in [-0.39, 0.29) is 24.3 Å². The fourth-order valence-corrected chi connectivity index (χ4v) is 3.02. The van der Waals surface area contributed by atoms with Crippen molar-refractivity contribution in [2.75, 3.05) is 26.7 Å². The third-order valence-corrected chi connectivity index (χ3v) is 4.42. The van der Waals surface area contributed by atoms with Crippen LogP contribution in [0.5, 0.6) is 0 Å². The van der Waals surface area contributed by atoms with Crippen molar-refractivity contribution in [3.05, 3.63) is 59.2 Å². The van der Waals surface area contributed by atoms with Crippen LogP contribution in [0.2, 0.25) is 0 Å². The van der Waals surface area contributed by atoms with Crippen LogP contribution in [0.1, 0.15) is 26.3 Å². The lowest BCUT2D eigenvalue weighted by Gasteiger charge is -2.26. The standard InChI is InChI=1S/C20H20N2O4/c1-13-11-16(20(25)26-2)7-8-17(13)14-3-5-15(6-4-14)19(24)22-10-9-21-18(23)12-22/h3-8,11H,9-10,12H2,1-2H3,(H,21,23). The van der Waals surface area contributed by atoms with E-state index in [1.807, 2.05) is 25.1 Å². The summed E-state index contributed by atoms with van der Waals surface area (Å²) < 4.78 is 4.73. The second-order valence-corrected chi connectivity index (χ2v) is 6.18. The Hall–Kier alpha value is -3.15. The van der Waals surface area contributed by atoms with Crippen LogP contribution < -0.4 is 5.32 Å². The Balaban J connectivity index is 1.80. The monoisotopic (exact) mass is 352 g/mol. The molecule has 0 saturated carbocycles. The van der Waals surface area contributed by atoms with Gasteiger partial charge in [-0.3, -0.25) is 9.59 Å². The average molecular weight is 352 g/mol. The Morgan fingerprint density at radius 3 is 2.38 bits per heavy atom. The summed E-state index contributed by atoms with van der Waals surface area (Å²) in [7, 11) is 1.35. The zero-order valence-corrected chi connectivity index (χ0v) is 14.7. The molecule has 3 rings (SSSR count). The van der Waals surface area contributed by atoms with Crippen molar-refractivity contribution in [3.63, 3.8) is 0 Å². The van der Waals surface area contributed by atoms with Crippen molar-refractivity contribution >= 4 is 17.8 Å². The van der Waals surface area contributed by atoms with Crippen LogP contribution in [-0.2, 0) is 9.53 Å². The van der Waals surface area contributed by atoms with Crippen molar-refractivity contribution < 1.29 is 19.1 Å². The molecule has 0 bridgehead atoms. The van der Waals surface area contributed by atoms with E-state index in [9.17, 15) is 14.4 Å². The molecule has 26 heavy (non-hydrogen) atoms. The van der Waals surface area contributed by atoms with Gasteiger partial charge in [0.2, 0.25) is 5.91 Å². The first-order valence-corrected chi connectivity index (χ1v) is 8.35. The Morgan fingerprint density at radius 1 is 1.08 bits per heavy atom. The van der Waals surface area contributed by atoms with E-state index in [0.717, 1.165) is 16.7 Å². The number of benzene rings is 2. The fourth-order valence-electron chi connectivity index (χ4n) is 3.02. The average Bonchev–Trinajstić information content (AvgIpc) is 2.67. The molecule has 1 aliphatic heterocycles. The van der Waals surface area contributed by atoms with Gasteiger partial charge in [-0.05, 0) is 47.9 Å². The first-order valence-electron chi connectivity index (χ1n) is 8.35. The Bertz CT molecular complexity index is 859. The summed E-state index contributed by atoms with van der Waals surface area (Å²) in [5.74, 6) is -0.655. The molecule has 1 saturated heterocycles. The summed E-state index contributed by atoms with van der Waals surface area (Å²) in [4.78, 5) is 37.1. The molecular weight excluding hydrogens is 332 g/mol.